The number of rotatable bonds is 4. The number of ether oxygens (including phenoxy) is 1. The molecule has 3 rings (SSSR count). The number of piperazine rings is 1. The van der Waals surface area contributed by atoms with Gasteiger partial charge < -0.3 is 29.2 Å². The molecule has 3 heterocycles. The molecule has 0 aliphatic carbocycles. The summed E-state index contributed by atoms with van der Waals surface area (Å²) in [7, 11) is -0.508. The molecular weight excluding hydrogens is 437 g/mol. The van der Waals surface area contributed by atoms with Gasteiger partial charge >= 0.3 is 13.2 Å². The van der Waals surface area contributed by atoms with E-state index < -0.39 is 36.1 Å². The third-order valence-corrected chi connectivity index (χ3v) is 6.48. The first-order valence-corrected chi connectivity index (χ1v) is 11.8. The Morgan fingerprint density at radius 2 is 1.71 bits per heavy atom. The Morgan fingerprint density at radius 3 is 2.21 bits per heavy atom. The van der Waals surface area contributed by atoms with E-state index in [1.165, 1.54) is 0 Å². The van der Waals surface area contributed by atoms with Gasteiger partial charge in [0.2, 0.25) is 11.9 Å². The fourth-order valence-electron chi connectivity index (χ4n) is 3.86. The van der Waals surface area contributed by atoms with Crippen LogP contribution in [0.1, 0.15) is 62.3 Å². The molecule has 1 aromatic rings. The molecule has 34 heavy (non-hydrogen) atoms. The zero-order valence-electron chi connectivity index (χ0n) is 21.8. The van der Waals surface area contributed by atoms with E-state index in [-0.39, 0.29) is 11.9 Å². The first-order valence-electron chi connectivity index (χ1n) is 11.8. The van der Waals surface area contributed by atoms with Crippen molar-refractivity contribution in [3.8, 4) is 0 Å². The van der Waals surface area contributed by atoms with Crippen LogP contribution in [0.25, 0.3) is 0 Å². The Morgan fingerprint density at radius 1 is 1.15 bits per heavy atom. The lowest BCUT2D eigenvalue weighted by molar-refractivity contribution is -0.135. The Kier molecular flexibility index (Phi) is 7.20. The summed E-state index contributed by atoms with van der Waals surface area (Å²) < 4.78 is 17.4. The van der Waals surface area contributed by atoms with E-state index in [9.17, 15) is 9.59 Å². The molecule has 0 unspecified atom stereocenters. The van der Waals surface area contributed by atoms with Gasteiger partial charge in [-0.1, -0.05) is 0 Å². The third-order valence-electron chi connectivity index (χ3n) is 6.48. The number of anilines is 1. The molecule has 2 aliphatic rings. The fourth-order valence-corrected chi connectivity index (χ4v) is 3.86. The maximum atomic E-state index is 12.9. The first-order chi connectivity index (χ1) is 15.6. The van der Waals surface area contributed by atoms with Crippen LogP contribution in [-0.4, -0.2) is 82.5 Å². The van der Waals surface area contributed by atoms with Crippen molar-refractivity contribution in [1.82, 2.24) is 20.2 Å². The molecule has 1 N–H and O–H groups in total. The number of amides is 2. The second-order valence-corrected chi connectivity index (χ2v) is 11.1. The number of hydrogen-bond acceptors (Lipinski definition) is 8. The van der Waals surface area contributed by atoms with Gasteiger partial charge in [0.25, 0.3) is 0 Å². The van der Waals surface area contributed by atoms with Gasteiger partial charge in [0, 0.05) is 43.5 Å². The summed E-state index contributed by atoms with van der Waals surface area (Å²) in [6.45, 7) is 18.7. The van der Waals surface area contributed by atoms with E-state index in [1.54, 1.807) is 45.0 Å². The van der Waals surface area contributed by atoms with Crippen molar-refractivity contribution in [2.45, 2.75) is 91.2 Å². The fraction of sp³-hybridized carbons (Fsp3) is 0.739. The van der Waals surface area contributed by atoms with Gasteiger partial charge in [0.1, 0.15) is 11.6 Å². The SMILES string of the molecule is C[C@@H](NC(=O)OC(C)(C)C)C(=O)N1CCN(c2ncc(B3OC(C)(C)C(C)(C)O3)cn2)C[C@@H]1C. The van der Waals surface area contributed by atoms with Crippen molar-refractivity contribution in [2.24, 2.45) is 0 Å². The molecule has 0 bridgehead atoms. The second kappa shape index (κ2) is 9.33. The molecule has 2 fully saturated rings. The van der Waals surface area contributed by atoms with Crippen molar-refractivity contribution in [2.75, 3.05) is 24.5 Å². The Hall–Kier alpha value is -2.40. The zero-order chi connectivity index (χ0) is 25.5. The van der Waals surface area contributed by atoms with E-state index in [2.05, 4.69) is 20.2 Å². The predicted molar refractivity (Wildman–Crippen MR) is 130 cm³/mol. The molecule has 0 aromatic carbocycles. The molecule has 1 aromatic heterocycles. The van der Waals surface area contributed by atoms with E-state index >= 15 is 0 Å². The number of nitrogens with zero attached hydrogens (tertiary/aromatic N) is 4. The number of nitrogens with one attached hydrogen (secondary N) is 1. The highest BCUT2D eigenvalue weighted by atomic mass is 16.7. The van der Waals surface area contributed by atoms with Crippen LogP contribution in [0.15, 0.2) is 12.4 Å². The van der Waals surface area contributed by atoms with Gasteiger partial charge in [-0.2, -0.15) is 0 Å². The number of carbonyl (C=O) groups excluding carboxylic acids is 2. The minimum atomic E-state index is -0.681. The molecule has 2 aliphatic heterocycles. The monoisotopic (exact) mass is 475 g/mol. The summed E-state index contributed by atoms with van der Waals surface area (Å²) in [5, 5.41) is 2.63. The quantitative estimate of drug-likeness (QED) is 0.657. The standard InChI is InChI=1S/C23H38BN5O5/c1-15-14-28(10-11-29(15)18(30)16(2)27-20(31)32-21(3,4)5)19-25-12-17(13-26-19)24-33-22(6,7)23(8,9)34-24/h12-13,15-16H,10-11,14H2,1-9H3,(H,27,31)/t15-,16+/m0/s1. The summed E-state index contributed by atoms with van der Waals surface area (Å²) in [5.74, 6) is 0.453. The van der Waals surface area contributed by atoms with Crippen molar-refractivity contribution < 1.29 is 23.6 Å². The van der Waals surface area contributed by atoms with Gasteiger partial charge in [-0.25, -0.2) is 14.8 Å². The van der Waals surface area contributed by atoms with E-state index in [1.807, 2.05) is 34.6 Å². The average molecular weight is 475 g/mol. The highest BCUT2D eigenvalue weighted by Gasteiger charge is 2.52. The van der Waals surface area contributed by atoms with Gasteiger partial charge in [-0.05, 0) is 62.3 Å². The van der Waals surface area contributed by atoms with Crippen molar-refractivity contribution >= 4 is 30.5 Å². The Bertz CT molecular complexity index is 886. The summed E-state index contributed by atoms with van der Waals surface area (Å²) in [5.41, 5.74) is -0.705. The van der Waals surface area contributed by atoms with Crippen LogP contribution in [0.5, 0.6) is 0 Å². The normalized spacial score (nSPS) is 23.0. The summed E-state index contributed by atoms with van der Waals surface area (Å²) >= 11 is 0. The minimum Gasteiger partial charge on any atom is -0.444 e. The first kappa shape index (κ1) is 26.2. The predicted octanol–water partition coefficient (Wildman–Crippen LogP) is 1.73. The van der Waals surface area contributed by atoms with Crippen LogP contribution in [0.4, 0.5) is 10.7 Å². The lowest BCUT2D eigenvalue weighted by atomic mass is 9.81. The maximum absolute atomic E-state index is 12.9. The van der Waals surface area contributed by atoms with E-state index in [0.717, 1.165) is 5.46 Å². The number of aromatic nitrogens is 2. The summed E-state index contributed by atoms with van der Waals surface area (Å²) in [6, 6.07) is -0.755. The molecule has 2 saturated heterocycles. The largest absolute Gasteiger partial charge is 0.498 e. The maximum Gasteiger partial charge on any atom is 0.498 e. The topological polar surface area (TPSA) is 106 Å². The number of hydrogen-bond donors (Lipinski definition) is 1. The highest BCUT2D eigenvalue weighted by Crippen LogP contribution is 2.36. The minimum absolute atomic E-state index is 0.0736. The molecular formula is C23H38BN5O5. The molecule has 0 saturated carbocycles. The van der Waals surface area contributed by atoms with Crippen LogP contribution < -0.4 is 15.7 Å². The molecule has 0 radical (unpaired) electrons. The summed E-state index contributed by atoms with van der Waals surface area (Å²) in [4.78, 5) is 37.8. The van der Waals surface area contributed by atoms with Gasteiger partial charge in [0.05, 0.1) is 11.2 Å². The van der Waals surface area contributed by atoms with Gasteiger partial charge in [0.15, 0.2) is 0 Å². The lowest BCUT2D eigenvalue weighted by Gasteiger charge is -2.40. The Labute approximate surface area is 202 Å². The van der Waals surface area contributed by atoms with Gasteiger partial charge in [-0.15, -0.1) is 0 Å². The highest BCUT2D eigenvalue weighted by molar-refractivity contribution is 6.61. The van der Waals surface area contributed by atoms with Crippen LogP contribution in [0, 0.1) is 0 Å². The molecule has 2 amide bonds. The van der Waals surface area contributed by atoms with Gasteiger partial charge in [-0.3, -0.25) is 4.79 Å². The second-order valence-electron chi connectivity index (χ2n) is 11.1. The van der Waals surface area contributed by atoms with E-state index in [0.29, 0.717) is 25.6 Å². The lowest BCUT2D eigenvalue weighted by Crippen LogP contribution is -2.58. The average Bonchev–Trinajstić information content (AvgIpc) is 2.93. The molecule has 188 valence electrons. The third kappa shape index (κ3) is 5.80. The van der Waals surface area contributed by atoms with Crippen molar-refractivity contribution in [1.29, 1.82) is 0 Å². The molecule has 2 atom stereocenters. The molecule has 10 nitrogen and oxygen atoms in total. The van der Waals surface area contributed by atoms with Crippen LogP contribution in [0.3, 0.4) is 0 Å². The molecule has 0 spiro atoms. The zero-order valence-corrected chi connectivity index (χ0v) is 21.8. The molecule has 11 heteroatoms. The van der Waals surface area contributed by atoms with Crippen molar-refractivity contribution in [3.05, 3.63) is 12.4 Å². The Balaban J connectivity index is 1.57. The van der Waals surface area contributed by atoms with Crippen molar-refractivity contribution in [3.63, 3.8) is 0 Å². The van der Waals surface area contributed by atoms with Crippen LogP contribution in [0.2, 0.25) is 0 Å². The smallest absolute Gasteiger partial charge is 0.444 e. The van der Waals surface area contributed by atoms with Crippen LogP contribution in [-0.2, 0) is 18.8 Å². The number of alkyl carbamates (subject to hydrolysis) is 1. The summed E-state index contributed by atoms with van der Waals surface area (Å²) in [6.07, 6.45) is 2.87. The van der Waals surface area contributed by atoms with Crippen LogP contribution >= 0.6 is 0 Å². The van der Waals surface area contributed by atoms with E-state index in [4.69, 9.17) is 14.0 Å². The number of carbonyl (C=O) groups is 2.